The van der Waals surface area contributed by atoms with Crippen LogP contribution in [-0.4, -0.2) is 39.4 Å². The van der Waals surface area contributed by atoms with Gasteiger partial charge in [-0.3, -0.25) is 4.79 Å². The second-order valence-corrected chi connectivity index (χ2v) is 3.80. The molecule has 0 atom stereocenters. The third-order valence-corrected chi connectivity index (χ3v) is 2.23. The number of methoxy groups -OCH3 is 1. The second-order valence-electron chi connectivity index (χ2n) is 3.80. The largest absolute Gasteiger partial charge is 0.465 e. The van der Waals surface area contributed by atoms with Gasteiger partial charge in [0.2, 0.25) is 0 Å². The molecule has 0 saturated carbocycles. The lowest BCUT2D eigenvalue weighted by molar-refractivity contribution is -0.142. The number of unbranched alkanes of at least 4 members (excludes halogenated alkanes) is 3. The van der Waals surface area contributed by atoms with Crippen LogP contribution in [0.3, 0.4) is 0 Å². The fraction of sp³-hybridized carbons (Fsp3) is 0.917. The van der Waals surface area contributed by atoms with Crippen molar-refractivity contribution in [3.8, 4) is 0 Å². The van der Waals surface area contributed by atoms with E-state index in [-0.39, 0.29) is 5.97 Å². The molecular weight excluding hydrogens is 206 g/mol. The number of carbonyl (C=O) groups is 1. The van der Waals surface area contributed by atoms with E-state index in [9.17, 15) is 4.79 Å². The van der Waals surface area contributed by atoms with Gasteiger partial charge in [-0.05, 0) is 32.2 Å². The molecule has 0 aliphatic heterocycles. The van der Waals surface area contributed by atoms with Crippen molar-refractivity contribution in [2.75, 3.05) is 33.4 Å². The zero-order valence-electron chi connectivity index (χ0n) is 10.6. The Kier molecular flexibility index (Phi) is 12.0. The van der Waals surface area contributed by atoms with Gasteiger partial charge in [0.05, 0.1) is 13.2 Å². The monoisotopic (exact) mass is 231 g/mol. The highest BCUT2D eigenvalue weighted by molar-refractivity contribution is 5.71. The van der Waals surface area contributed by atoms with Crippen LogP contribution in [0.25, 0.3) is 0 Å². The quantitative estimate of drug-likeness (QED) is 0.434. The molecule has 0 radical (unpaired) electrons. The molecule has 0 aromatic rings. The number of nitrogens with one attached hydrogen (secondary N) is 1. The Morgan fingerprint density at radius 3 is 2.62 bits per heavy atom. The summed E-state index contributed by atoms with van der Waals surface area (Å²) < 4.78 is 9.95. The molecule has 1 N–H and O–H groups in total. The second kappa shape index (κ2) is 12.5. The van der Waals surface area contributed by atoms with E-state index in [4.69, 9.17) is 9.47 Å². The Balaban J connectivity index is 3.09. The molecule has 0 aromatic carbocycles. The van der Waals surface area contributed by atoms with Gasteiger partial charge < -0.3 is 14.8 Å². The summed E-state index contributed by atoms with van der Waals surface area (Å²) in [6, 6.07) is 0. The topological polar surface area (TPSA) is 47.6 Å². The fourth-order valence-electron chi connectivity index (χ4n) is 1.24. The smallest absolute Gasteiger partial charge is 0.319 e. The molecule has 0 unspecified atom stereocenters. The maximum Gasteiger partial charge on any atom is 0.319 e. The Labute approximate surface area is 98.7 Å². The van der Waals surface area contributed by atoms with Crippen molar-refractivity contribution in [2.45, 2.75) is 39.0 Å². The van der Waals surface area contributed by atoms with Crippen molar-refractivity contribution in [2.24, 2.45) is 0 Å². The molecule has 0 spiro atoms. The SMILES string of the molecule is CCCCOC(=O)CNCCCCCOC. The first-order chi connectivity index (χ1) is 7.81. The maximum atomic E-state index is 11.1. The third-order valence-electron chi connectivity index (χ3n) is 2.23. The molecule has 0 rings (SSSR count). The molecule has 4 heteroatoms. The van der Waals surface area contributed by atoms with Crippen LogP contribution < -0.4 is 5.32 Å². The number of carbonyl (C=O) groups excluding carboxylic acids is 1. The van der Waals surface area contributed by atoms with E-state index in [2.05, 4.69) is 12.2 Å². The zero-order valence-corrected chi connectivity index (χ0v) is 10.6. The molecule has 16 heavy (non-hydrogen) atoms. The lowest BCUT2D eigenvalue weighted by Gasteiger charge is -2.05. The van der Waals surface area contributed by atoms with E-state index in [1.54, 1.807) is 7.11 Å². The molecule has 0 saturated heterocycles. The zero-order chi connectivity index (χ0) is 12.1. The van der Waals surface area contributed by atoms with Gasteiger partial charge in [-0.15, -0.1) is 0 Å². The summed E-state index contributed by atoms with van der Waals surface area (Å²) in [5.74, 6) is -0.148. The van der Waals surface area contributed by atoms with Gasteiger partial charge in [-0.2, -0.15) is 0 Å². The summed E-state index contributed by atoms with van der Waals surface area (Å²) in [6.07, 6.45) is 5.29. The van der Waals surface area contributed by atoms with Crippen LogP contribution in [0.2, 0.25) is 0 Å². The number of hydrogen-bond acceptors (Lipinski definition) is 4. The van der Waals surface area contributed by atoms with Gasteiger partial charge in [-0.1, -0.05) is 13.3 Å². The van der Waals surface area contributed by atoms with Gasteiger partial charge in [0.1, 0.15) is 0 Å². The average Bonchev–Trinajstić information content (AvgIpc) is 2.28. The first-order valence-electron chi connectivity index (χ1n) is 6.16. The molecule has 96 valence electrons. The Morgan fingerprint density at radius 2 is 1.94 bits per heavy atom. The lowest BCUT2D eigenvalue weighted by Crippen LogP contribution is -2.25. The highest BCUT2D eigenvalue weighted by Crippen LogP contribution is 1.93. The van der Waals surface area contributed by atoms with Crippen LogP contribution in [0, 0.1) is 0 Å². The lowest BCUT2D eigenvalue weighted by atomic mass is 10.2. The number of hydrogen-bond donors (Lipinski definition) is 1. The summed E-state index contributed by atoms with van der Waals surface area (Å²) in [4.78, 5) is 11.1. The van der Waals surface area contributed by atoms with Gasteiger partial charge in [0.25, 0.3) is 0 Å². The van der Waals surface area contributed by atoms with Crippen molar-refractivity contribution >= 4 is 5.97 Å². The van der Waals surface area contributed by atoms with E-state index in [1.165, 1.54) is 0 Å². The molecule has 0 aliphatic carbocycles. The molecule has 0 aromatic heterocycles. The first-order valence-corrected chi connectivity index (χ1v) is 6.16. The minimum Gasteiger partial charge on any atom is -0.465 e. The van der Waals surface area contributed by atoms with E-state index in [0.29, 0.717) is 13.2 Å². The van der Waals surface area contributed by atoms with E-state index >= 15 is 0 Å². The molecule has 0 aliphatic rings. The van der Waals surface area contributed by atoms with Crippen LogP contribution in [0.4, 0.5) is 0 Å². The Hall–Kier alpha value is -0.610. The average molecular weight is 231 g/mol. The third kappa shape index (κ3) is 11.5. The van der Waals surface area contributed by atoms with Crippen molar-refractivity contribution in [3.05, 3.63) is 0 Å². The Morgan fingerprint density at radius 1 is 1.12 bits per heavy atom. The predicted molar refractivity (Wildman–Crippen MR) is 64.5 cm³/mol. The molecular formula is C12H25NO3. The molecule has 0 amide bonds. The normalized spacial score (nSPS) is 10.4. The first kappa shape index (κ1) is 15.4. The van der Waals surface area contributed by atoms with Gasteiger partial charge >= 0.3 is 5.97 Å². The van der Waals surface area contributed by atoms with Crippen LogP contribution in [0.5, 0.6) is 0 Å². The van der Waals surface area contributed by atoms with Crippen molar-refractivity contribution in [1.29, 1.82) is 0 Å². The standard InChI is InChI=1S/C12H25NO3/c1-3-4-10-16-12(14)11-13-8-6-5-7-9-15-2/h13H,3-11H2,1-2H3. The predicted octanol–water partition coefficient (Wildman–Crippen LogP) is 1.74. The van der Waals surface area contributed by atoms with Crippen LogP contribution in [0.15, 0.2) is 0 Å². The molecule has 4 nitrogen and oxygen atoms in total. The van der Waals surface area contributed by atoms with E-state index < -0.39 is 0 Å². The number of rotatable bonds is 11. The van der Waals surface area contributed by atoms with Crippen LogP contribution >= 0.6 is 0 Å². The molecule has 0 heterocycles. The van der Waals surface area contributed by atoms with E-state index in [0.717, 1.165) is 45.3 Å². The minimum atomic E-state index is -0.148. The van der Waals surface area contributed by atoms with Crippen LogP contribution in [0.1, 0.15) is 39.0 Å². The summed E-state index contributed by atoms with van der Waals surface area (Å²) in [5.41, 5.74) is 0. The Bertz CT molecular complexity index is 162. The highest BCUT2D eigenvalue weighted by atomic mass is 16.5. The summed E-state index contributed by atoms with van der Waals surface area (Å²) >= 11 is 0. The summed E-state index contributed by atoms with van der Waals surface area (Å²) in [7, 11) is 1.71. The summed E-state index contributed by atoms with van der Waals surface area (Å²) in [5, 5.41) is 3.07. The number of ether oxygens (including phenoxy) is 2. The summed E-state index contributed by atoms with van der Waals surface area (Å²) in [6.45, 7) is 4.64. The minimum absolute atomic E-state index is 0.148. The van der Waals surface area contributed by atoms with Crippen molar-refractivity contribution in [3.63, 3.8) is 0 Å². The highest BCUT2D eigenvalue weighted by Gasteiger charge is 2.00. The molecule has 0 bridgehead atoms. The molecule has 0 fully saturated rings. The maximum absolute atomic E-state index is 11.1. The fourth-order valence-corrected chi connectivity index (χ4v) is 1.24. The van der Waals surface area contributed by atoms with Crippen molar-refractivity contribution < 1.29 is 14.3 Å². The van der Waals surface area contributed by atoms with Crippen LogP contribution in [-0.2, 0) is 14.3 Å². The van der Waals surface area contributed by atoms with E-state index in [1.807, 2.05) is 0 Å². The van der Waals surface area contributed by atoms with Gasteiger partial charge in [0, 0.05) is 13.7 Å². The van der Waals surface area contributed by atoms with Crippen molar-refractivity contribution in [1.82, 2.24) is 5.32 Å². The number of esters is 1. The van der Waals surface area contributed by atoms with Gasteiger partial charge in [0.15, 0.2) is 0 Å². The van der Waals surface area contributed by atoms with Gasteiger partial charge in [-0.25, -0.2) is 0 Å².